The predicted octanol–water partition coefficient (Wildman–Crippen LogP) is 10.8. The SMILES string of the molecule is CCCCCCCCCCCCCCCCCCCCCC(=O)OC(COC(=O)CCCCCCCCCCCCCCCC)COC1OC(CS(=O)(=O)O)C(O)C(O)C1O. The zero-order valence-electron chi connectivity index (χ0n) is 38.8. The van der Waals surface area contributed by atoms with Crippen molar-refractivity contribution >= 4 is 22.1 Å². The van der Waals surface area contributed by atoms with Gasteiger partial charge in [0.15, 0.2) is 12.4 Å². The maximum Gasteiger partial charge on any atom is 0.306 e. The summed E-state index contributed by atoms with van der Waals surface area (Å²) in [7, 11) is -4.60. The predicted molar refractivity (Wildman–Crippen MR) is 243 cm³/mol. The zero-order valence-corrected chi connectivity index (χ0v) is 39.6. The molecule has 1 rings (SSSR count). The molecule has 0 aromatic heterocycles. The third-order valence-corrected chi connectivity index (χ3v) is 12.7. The number of hydrogen-bond donors (Lipinski definition) is 4. The van der Waals surface area contributed by atoms with Crippen LogP contribution in [-0.2, 0) is 38.7 Å². The molecule has 0 aliphatic carbocycles. The molecular formula is C48H92O12S. The number of carbonyl (C=O) groups excluding carboxylic acids is 2. The van der Waals surface area contributed by atoms with Crippen molar-refractivity contribution in [2.24, 2.45) is 0 Å². The van der Waals surface area contributed by atoms with Crippen LogP contribution in [0.25, 0.3) is 0 Å². The van der Waals surface area contributed by atoms with Crippen molar-refractivity contribution in [1.29, 1.82) is 0 Å². The maximum atomic E-state index is 12.9. The summed E-state index contributed by atoms with van der Waals surface area (Å²) in [5.41, 5.74) is 0. The van der Waals surface area contributed by atoms with E-state index in [9.17, 15) is 37.9 Å². The molecule has 4 N–H and O–H groups in total. The summed E-state index contributed by atoms with van der Waals surface area (Å²) < 4.78 is 54.2. The Morgan fingerprint density at radius 3 is 1.20 bits per heavy atom. The summed E-state index contributed by atoms with van der Waals surface area (Å²) in [5.74, 6) is -1.96. The number of carbonyl (C=O) groups is 2. The minimum atomic E-state index is -4.60. The van der Waals surface area contributed by atoms with Crippen molar-refractivity contribution in [3.63, 3.8) is 0 Å². The first-order chi connectivity index (χ1) is 29.5. The second kappa shape index (κ2) is 39.1. The Hall–Kier alpha value is -1.35. The van der Waals surface area contributed by atoms with Gasteiger partial charge >= 0.3 is 11.9 Å². The van der Waals surface area contributed by atoms with Crippen LogP contribution in [0.1, 0.15) is 239 Å². The van der Waals surface area contributed by atoms with E-state index in [-0.39, 0.29) is 19.4 Å². The summed E-state index contributed by atoms with van der Waals surface area (Å²) in [5, 5.41) is 30.9. The van der Waals surface area contributed by atoms with Crippen LogP contribution in [0, 0.1) is 0 Å². The largest absolute Gasteiger partial charge is 0.462 e. The minimum Gasteiger partial charge on any atom is -0.462 e. The fourth-order valence-electron chi connectivity index (χ4n) is 8.03. The quantitative estimate of drug-likeness (QED) is 0.0258. The van der Waals surface area contributed by atoms with E-state index in [0.29, 0.717) is 12.8 Å². The van der Waals surface area contributed by atoms with Crippen molar-refractivity contribution in [3.8, 4) is 0 Å². The molecule has 6 atom stereocenters. The van der Waals surface area contributed by atoms with Gasteiger partial charge in [0.1, 0.15) is 36.8 Å². The average molecular weight is 893 g/mol. The number of rotatable bonds is 43. The first-order valence-electron chi connectivity index (χ1n) is 25.1. The van der Waals surface area contributed by atoms with E-state index >= 15 is 0 Å². The van der Waals surface area contributed by atoms with Crippen LogP contribution < -0.4 is 0 Å². The Morgan fingerprint density at radius 1 is 0.492 bits per heavy atom. The highest BCUT2D eigenvalue weighted by Gasteiger charge is 2.46. The van der Waals surface area contributed by atoms with Gasteiger partial charge < -0.3 is 34.3 Å². The molecule has 0 saturated carbocycles. The highest BCUT2D eigenvalue weighted by molar-refractivity contribution is 7.85. The van der Waals surface area contributed by atoms with Gasteiger partial charge in [-0.1, -0.05) is 213 Å². The van der Waals surface area contributed by atoms with Crippen molar-refractivity contribution < 1.29 is 56.8 Å². The lowest BCUT2D eigenvalue weighted by atomic mass is 10.00. The minimum absolute atomic E-state index is 0.173. The monoisotopic (exact) mass is 893 g/mol. The molecular weight excluding hydrogens is 801 g/mol. The van der Waals surface area contributed by atoms with E-state index in [1.807, 2.05) is 0 Å². The molecule has 13 heteroatoms. The fourth-order valence-corrected chi connectivity index (χ4v) is 8.72. The molecule has 0 aromatic rings. The molecule has 1 fully saturated rings. The molecule has 0 amide bonds. The van der Waals surface area contributed by atoms with Crippen molar-refractivity contribution in [2.45, 2.75) is 275 Å². The fraction of sp³-hybridized carbons (Fsp3) is 0.958. The van der Waals surface area contributed by atoms with Crippen LogP contribution in [-0.4, -0.2) is 96.0 Å². The van der Waals surface area contributed by atoms with Crippen LogP contribution in [0.15, 0.2) is 0 Å². The third-order valence-electron chi connectivity index (χ3n) is 11.9. The zero-order chi connectivity index (χ0) is 44.8. The van der Waals surface area contributed by atoms with E-state index in [4.69, 9.17) is 18.9 Å². The molecule has 0 radical (unpaired) electrons. The third kappa shape index (κ3) is 33.8. The Kier molecular flexibility index (Phi) is 36.9. The highest BCUT2D eigenvalue weighted by atomic mass is 32.2. The molecule has 12 nitrogen and oxygen atoms in total. The second-order valence-electron chi connectivity index (χ2n) is 17.9. The van der Waals surface area contributed by atoms with Crippen molar-refractivity contribution in [2.75, 3.05) is 19.0 Å². The van der Waals surface area contributed by atoms with Crippen LogP contribution >= 0.6 is 0 Å². The molecule has 362 valence electrons. The lowest BCUT2D eigenvalue weighted by Crippen LogP contribution is -2.60. The Bertz CT molecular complexity index is 1140. The topological polar surface area (TPSA) is 186 Å². The van der Waals surface area contributed by atoms with E-state index < -0.39 is 71.2 Å². The van der Waals surface area contributed by atoms with E-state index in [2.05, 4.69) is 13.8 Å². The summed E-state index contributed by atoms with van der Waals surface area (Å²) in [6, 6.07) is 0. The van der Waals surface area contributed by atoms with Crippen LogP contribution in [0.3, 0.4) is 0 Å². The van der Waals surface area contributed by atoms with Crippen molar-refractivity contribution in [3.05, 3.63) is 0 Å². The first-order valence-corrected chi connectivity index (χ1v) is 26.7. The van der Waals surface area contributed by atoms with Gasteiger partial charge in [-0.05, 0) is 12.8 Å². The second-order valence-corrected chi connectivity index (χ2v) is 19.3. The van der Waals surface area contributed by atoms with Crippen molar-refractivity contribution in [1.82, 2.24) is 0 Å². The van der Waals surface area contributed by atoms with Gasteiger partial charge in [0, 0.05) is 12.8 Å². The first kappa shape index (κ1) is 57.7. The number of aliphatic hydroxyl groups excluding tert-OH is 3. The Morgan fingerprint density at radius 2 is 0.836 bits per heavy atom. The van der Waals surface area contributed by atoms with Gasteiger partial charge in [-0.2, -0.15) is 8.42 Å². The van der Waals surface area contributed by atoms with Crippen LogP contribution in [0.4, 0.5) is 0 Å². The van der Waals surface area contributed by atoms with Gasteiger partial charge in [-0.25, -0.2) is 0 Å². The standard InChI is InChI=1S/C48H92O12S/c1-3-5-7-9-11-13-15-17-19-20-21-22-23-25-27-29-31-33-35-37-44(50)59-41(39-58-48-47(53)46(52)45(51)42(60-48)40-61(54,55)56)38-57-43(49)36-34-32-30-28-26-24-18-16-14-12-10-8-6-4-2/h41-42,45-48,51-53H,3-40H2,1-2H3,(H,54,55,56). The number of unbranched alkanes of at least 4 members (excludes halogenated alkanes) is 31. The smallest absolute Gasteiger partial charge is 0.306 e. The van der Waals surface area contributed by atoms with Crippen LogP contribution in [0.2, 0.25) is 0 Å². The number of hydrogen-bond acceptors (Lipinski definition) is 11. The molecule has 1 aliphatic rings. The number of ether oxygens (including phenoxy) is 4. The normalized spacial score (nSPS) is 19.9. The van der Waals surface area contributed by atoms with E-state index in [0.717, 1.165) is 38.5 Å². The van der Waals surface area contributed by atoms with Gasteiger partial charge in [0.05, 0.1) is 6.61 Å². The molecule has 61 heavy (non-hydrogen) atoms. The Balaban J connectivity index is 2.37. The summed E-state index contributed by atoms with van der Waals surface area (Å²) in [6.07, 6.45) is 31.4. The highest BCUT2D eigenvalue weighted by Crippen LogP contribution is 2.24. The average Bonchev–Trinajstić information content (AvgIpc) is 3.22. The molecule has 1 heterocycles. The molecule has 0 spiro atoms. The van der Waals surface area contributed by atoms with Crippen LogP contribution in [0.5, 0.6) is 0 Å². The number of aliphatic hydroxyl groups is 3. The van der Waals surface area contributed by atoms with E-state index in [1.165, 1.54) is 161 Å². The summed E-state index contributed by atoms with van der Waals surface area (Å²) in [6.45, 7) is 3.80. The summed E-state index contributed by atoms with van der Waals surface area (Å²) in [4.78, 5) is 25.5. The maximum absolute atomic E-state index is 12.9. The molecule has 6 unspecified atom stereocenters. The van der Waals surface area contributed by atoms with E-state index in [1.54, 1.807) is 0 Å². The molecule has 0 aromatic carbocycles. The molecule has 0 bridgehead atoms. The van der Waals surface area contributed by atoms with Gasteiger partial charge in [-0.3, -0.25) is 14.1 Å². The Labute approximate surface area is 372 Å². The molecule has 1 saturated heterocycles. The lowest BCUT2D eigenvalue weighted by molar-refractivity contribution is -0.297. The summed E-state index contributed by atoms with van der Waals surface area (Å²) >= 11 is 0. The van der Waals surface area contributed by atoms with Gasteiger partial charge in [0.2, 0.25) is 0 Å². The number of esters is 2. The van der Waals surface area contributed by atoms with Gasteiger partial charge in [-0.15, -0.1) is 0 Å². The lowest BCUT2D eigenvalue weighted by Gasteiger charge is -2.40. The van der Waals surface area contributed by atoms with Gasteiger partial charge in [0.25, 0.3) is 10.1 Å². The molecule has 1 aliphatic heterocycles.